The van der Waals surface area contributed by atoms with Crippen molar-refractivity contribution in [2.45, 2.75) is 33.4 Å². The number of aryl methyl sites for hydroxylation is 2. The van der Waals surface area contributed by atoms with Crippen LogP contribution in [0, 0.1) is 0 Å². The van der Waals surface area contributed by atoms with Crippen LogP contribution in [-0.4, -0.2) is 29.8 Å². The number of H-pyrrole nitrogens is 1. The van der Waals surface area contributed by atoms with E-state index in [0.29, 0.717) is 18.9 Å². The van der Waals surface area contributed by atoms with Crippen molar-refractivity contribution >= 4 is 0 Å². The van der Waals surface area contributed by atoms with E-state index in [4.69, 9.17) is 0 Å². The van der Waals surface area contributed by atoms with Gasteiger partial charge >= 0.3 is 5.69 Å². The summed E-state index contributed by atoms with van der Waals surface area (Å²) < 4.78 is 3.61. The van der Waals surface area contributed by atoms with Crippen molar-refractivity contribution in [3.05, 3.63) is 76.5 Å². The maximum Gasteiger partial charge on any atom is 0.328 e. The van der Waals surface area contributed by atoms with Gasteiger partial charge in [0.2, 0.25) is 0 Å². The largest absolute Gasteiger partial charge is 0.328 e. The highest BCUT2D eigenvalue weighted by molar-refractivity contribution is 5.80. The summed E-state index contributed by atoms with van der Waals surface area (Å²) in [7, 11) is 0. The molecule has 7 nitrogen and oxygen atoms in total. The van der Waals surface area contributed by atoms with Crippen molar-refractivity contribution in [3.63, 3.8) is 0 Å². The molecule has 0 unspecified atom stereocenters. The average molecular weight is 374 g/mol. The van der Waals surface area contributed by atoms with Gasteiger partial charge in [0.05, 0.1) is 6.54 Å². The van der Waals surface area contributed by atoms with Crippen LogP contribution in [0.4, 0.5) is 0 Å². The lowest BCUT2D eigenvalue weighted by atomic mass is 9.98. The Morgan fingerprint density at radius 1 is 1.00 bits per heavy atom. The van der Waals surface area contributed by atoms with Crippen molar-refractivity contribution in [2.24, 2.45) is 0 Å². The van der Waals surface area contributed by atoms with Crippen molar-refractivity contribution in [3.8, 4) is 22.5 Å². The van der Waals surface area contributed by atoms with Crippen LogP contribution in [0.25, 0.3) is 22.5 Å². The van der Waals surface area contributed by atoms with E-state index >= 15 is 0 Å². The maximum absolute atomic E-state index is 12.6. The molecule has 7 heteroatoms. The number of nitrogens with zero attached hydrogens (tertiary/aromatic N) is 5. The van der Waals surface area contributed by atoms with E-state index in [2.05, 4.69) is 51.8 Å². The fraction of sp³-hybridized carbons (Fsp3) is 0.238. The first-order valence-electron chi connectivity index (χ1n) is 9.42. The smallest absolute Gasteiger partial charge is 0.299 e. The number of tetrazole rings is 1. The Bertz CT molecular complexity index is 1120. The Morgan fingerprint density at radius 3 is 2.39 bits per heavy atom. The van der Waals surface area contributed by atoms with E-state index in [1.54, 1.807) is 4.57 Å². The topological polar surface area (TPSA) is 81.4 Å². The van der Waals surface area contributed by atoms with E-state index in [-0.39, 0.29) is 5.69 Å². The van der Waals surface area contributed by atoms with E-state index in [1.807, 2.05) is 42.0 Å². The van der Waals surface area contributed by atoms with E-state index < -0.39 is 0 Å². The van der Waals surface area contributed by atoms with Gasteiger partial charge < -0.3 is 0 Å². The second-order valence-corrected chi connectivity index (χ2v) is 6.62. The normalized spacial score (nSPS) is 11.1. The standard InChI is InChI=1S/C21H22N6O/c1-3-17-14-26(4-2)21(28)27(17)13-15-9-11-16(12-10-15)18-7-5-6-8-19(18)20-22-24-25-23-20/h5-12,14H,3-4,13H2,1-2H3,(H,22,23,24,25). The molecular weight excluding hydrogens is 352 g/mol. The molecule has 2 aromatic heterocycles. The highest BCUT2D eigenvalue weighted by atomic mass is 16.1. The van der Waals surface area contributed by atoms with Gasteiger partial charge in [-0.2, -0.15) is 0 Å². The number of hydrogen-bond acceptors (Lipinski definition) is 4. The number of hydrogen-bond donors (Lipinski definition) is 1. The molecular formula is C21H22N6O. The Balaban J connectivity index is 1.65. The molecule has 0 spiro atoms. The third kappa shape index (κ3) is 3.26. The van der Waals surface area contributed by atoms with Crippen molar-refractivity contribution < 1.29 is 0 Å². The maximum atomic E-state index is 12.6. The first-order chi connectivity index (χ1) is 13.7. The van der Waals surface area contributed by atoms with Crippen LogP contribution in [0.5, 0.6) is 0 Å². The lowest BCUT2D eigenvalue weighted by Crippen LogP contribution is -2.25. The van der Waals surface area contributed by atoms with Gasteiger partial charge in [0.25, 0.3) is 0 Å². The van der Waals surface area contributed by atoms with Gasteiger partial charge in [0, 0.05) is 24.0 Å². The van der Waals surface area contributed by atoms with Crippen LogP contribution in [-0.2, 0) is 19.5 Å². The number of aromatic nitrogens is 6. The molecule has 0 bridgehead atoms. The zero-order chi connectivity index (χ0) is 19.5. The molecule has 0 radical (unpaired) electrons. The van der Waals surface area contributed by atoms with Gasteiger partial charge in [0.15, 0.2) is 5.82 Å². The Kier molecular flexibility index (Phi) is 4.89. The minimum atomic E-state index is 0.0478. The number of nitrogens with one attached hydrogen (secondary N) is 1. The Morgan fingerprint density at radius 2 is 1.75 bits per heavy atom. The summed E-state index contributed by atoms with van der Waals surface area (Å²) >= 11 is 0. The minimum Gasteiger partial charge on any atom is -0.299 e. The van der Waals surface area contributed by atoms with Gasteiger partial charge in [0.1, 0.15) is 0 Å². The molecule has 0 aliphatic rings. The molecule has 0 saturated carbocycles. The molecule has 0 saturated heterocycles. The number of imidazole rings is 1. The van der Waals surface area contributed by atoms with E-state index in [9.17, 15) is 4.79 Å². The quantitative estimate of drug-likeness (QED) is 0.562. The van der Waals surface area contributed by atoms with Crippen LogP contribution in [0.15, 0.2) is 59.5 Å². The van der Waals surface area contributed by atoms with Crippen molar-refractivity contribution in [1.29, 1.82) is 0 Å². The zero-order valence-corrected chi connectivity index (χ0v) is 16.0. The lowest BCUT2D eigenvalue weighted by molar-refractivity contribution is 0.658. The van der Waals surface area contributed by atoms with E-state index in [0.717, 1.165) is 34.4 Å². The van der Waals surface area contributed by atoms with Gasteiger partial charge in [-0.05, 0) is 40.5 Å². The van der Waals surface area contributed by atoms with Crippen LogP contribution in [0.3, 0.4) is 0 Å². The molecule has 142 valence electrons. The van der Waals surface area contributed by atoms with Crippen LogP contribution < -0.4 is 5.69 Å². The third-order valence-electron chi connectivity index (χ3n) is 4.96. The molecule has 4 aromatic rings. The van der Waals surface area contributed by atoms with Crippen molar-refractivity contribution in [2.75, 3.05) is 0 Å². The molecule has 1 N–H and O–H groups in total. The first kappa shape index (κ1) is 17.9. The SMILES string of the molecule is CCc1cn(CC)c(=O)n1Cc1ccc(-c2ccccc2-c2nnn[nH]2)cc1. The predicted octanol–water partition coefficient (Wildman–Crippen LogP) is 3.13. The second-order valence-electron chi connectivity index (χ2n) is 6.62. The van der Waals surface area contributed by atoms with Gasteiger partial charge in [-0.3, -0.25) is 9.13 Å². The summed E-state index contributed by atoms with van der Waals surface area (Å²) in [4.78, 5) is 12.6. The summed E-state index contributed by atoms with van der Waals surface area (Å²) in [6, 6.07) is 16.3. The highest BCUT2D eigenvalue weighted by Gasteiger charge is 2.12. The third-order valence-corrected chi connectivity index (χ3v) is 4.96. The summed E-state index contributed by atoms with van der Waals surface area (Å²) in [5.74, 6) is 0.639. The monoisotopic (exact) mass is 374 g/mol. The summed E-state index contributed by atoms with van der Waals surface area (Å²) in [6.45, 7) is 5.32. The molecule has 4 rings (SSSR count). The molecule has 0 aliphatic carbocycles. The number of rotatable bonds is 6. The predicted molar refractivity (Wildman–Crippen MR) is 108 cm³/mol. The molecule has 0 atom stereocenters. The highest BCUT2D eigenvalue weighted by Crippen LogP contribution is 2.29. The Labute approximate surface area is 162 Å². The van der Waals surface area contributed by atoms with E-state index in [1.165, 1.54) is 0 Å². The average Bonchev–Trinajstić information content (AvgIpc) is 3.37. The minimum absolute atomic E-state index is 0.0478. The lowest BCUT2D eigenvalue weighted by Gasteiger charge is -2.09. The number of benzene rings is 2. The van der Waals surface area contributed by atoms with Crippen LogP contribution >= 0.6 is 0 Å². The van der Waals surface area contributed by atoms with Crippen molar-refractivity contribution in [1.82, 2.24) is 29.8 Å². The van der Waals surface area contributed by atoms with Gasteiger partial charge in [-0.15, -0.1) is 5.10 Å². The molecule has 2 heterocycles. The number of aromatic amines is 1. The second kappa shape index (κ2) is 7.64. The van der Waals surface area contributed by atoms with Crippen LogP contribution in [0.2, 0.25) is 0 Å². The Hall–Kier alpha value is -3.48. The molecule has 0 amide bonds. The molecule has 28 heavy (non-hydrogen) atoms. The van der Waals surface area contributed by atoms with Gasteiger partial charge in [-0.1, -0.05) is 55.5 Å². The fourth-order valence-electron chi connectivity index (χ4n) is 3.45. The fourth-order valence-corrected chi connectivity index (χ4v) is 3.45. The summed E-state index contributed by atoms with van der Waals surface area (Å²) in [5, 5.41) is 14.2. The molecule has 0 fully saturated rings. The zero-order valence-electron chi connectivity index (χ0n) is 16.0. The molecule has 0 aliphatic heterocycles. The van der Waals surface area contributed by atoms with Crippen LogP contribution in [0.1, 0.15) is 25.1 Å². The first-order valence-corrected chi connectivity index (χ1v) is 9.42. The summed E-state index contributed by atoms with van der Waals surface area (Å²) in [6.07, 6.45) is 2.79. The summed E-state index contributed by atoms with van der Waals surface area (Å²) in [5.41, 5.74) is 5.27. The van der Waals surface area contributed by atoms with Gasteiger partial charge in [-0.25, -0.2) is 9.89 Å². The molecule has 2 aromatic carbocycles.